The Labute approximate surface area is 122 Å². The molecule has 2 rings (SSSR count). The van der Waals surface area contributed by atoms with E-state index in [-0.39, 0.29) is 4.90 Å². The number of hydrogen-bond acceptors (Lipinski definition) is 7. The number of aromatic nitrogens is 3. The van der Waals surface area contributed by atoms with Gasteiger partial charge in [0.1, 0.15) is 15.7 Å². The van der Waals surface area contributed by atoms with Crippen molar-refractivity contribution in [3.05, 3.63) is 22.9 Å². The van der Waals surface area contributed by atoms with Crippen LogP contribution in [0.25, 0.3) is 0 Å². The minimum atomic E-state index is -3.73. The lowest BCUT2D eigenvalue weighted by atomic mass is 10.4. The van der Waals surface area contributed by atoms with Gasteiger partial charge in [-0.3, -0.25) is 4.72 Å². The molecule has 0 aliphatic carbocycles. The van der Waals surface area contributed by atoms with E-state index in [1.165, 1.54) is 18.5 Å². The summed E-state index contributed by atoms with van der Waals surface area (Å²) in [5.41, 5.74) is 0. The van der Waals surface area contributed by atoms with Crippen LogP contribution in [-0.4, -0.2) is 29.5 Å². The van der Waals surface area contributed by atoms with Crippen molar-refractivity contribution in [2.24, 2.45) is 0 Å². The molecule has 0 fully saturated rings. The Kier molecular flexibility index (Phi) is 4.32. The molecule has 0 spiro atoms. The molecule has 0 bridgehead atoms. The van der Waals surface area contributed by atoms with Crippen LogP contribution in [0.3, 0.4) is 0 Å². The molecule has 7 nitrogen and oxygen atoms in total. The fourth-order valence-corrected chi connectivity index (χ4v) is 3.65. The van der Waals surface area contributed by atoms with Gasteiger partial charge in [-0.1, -0.05) is 4.49 Å². The van der Waals surface area contributed by atoms with Crippen molar-refractivity contribution in [3.8, 4) is 0 Å². The van der Waals surface area contributed by atoms with E-state index in [0.717, 1.165) is 11.5 Å². The lowest BCUT2D eigenvalue weighted by Crippen LogP contribution is -2.15. The van der Waals surface area contributed by atoms with Crippen LogP contribution >= 0.6 is 27.5 Å². The minimum Gasteiger partial charge on any atom is -0.369 e. The first-order valence-electron chi connectivity index (χ1n) is 5.22. The highest BCUT2D eigenvalue weighted by atomic mass is 79.9. The van der Waals surface area contributed by atoms with Gasteiger partial charge < -0.3 is 5.32 Å². The third kappa shape index (κ3) is 3.39. The zero-order valence-electron chi connectivity index (χ0n) is 9.79. The lowest BCUT2D eigenvalue weighted by Gasteiger charge is -2.11. The second kappa shape index (κ2) is 5.80. The van der Waals surface area contributed by atoms with Gasteiger partial charge in [0.2, 0.25) is 0 Å². The van der Waals surface area contributed by atoms with Crippen LogP contribution in [0.15, 0.2) is 27.8 Å². The van der Waals surface area contributed by atoms with Crippen LogP contribution in [0.2, 0.25) is 0 Å². The molecule has 2 aromatic rings. The number of hydrogen-bond donors (Lipinski definition) is 2. The van der Waals surface area contributed by atoms with Gasteiger partial charge in [0, 0.05) is 28.7 Å². The van der Waals surface area contributed by atoms with Crippen molar-refractivity contribution < 1.29 is 8.42 Å². The maximum atomic E-state index is 12.3. The molecule has 102 valence electrons. The molecule has 2 heterocycles. The van der Waals surface area contributed by atoms with Gasteiger partial charge in [0.15, 0.2) is 0 Å². The topological polar surface area (TPSA) is 96.9 Å². The molecule has 0 radical (unpaired) electrons. The standard InChI is InChI=1S/C9H10BrN5O2S2/c1-2-11-9-7(3-6(10)4-12-9)19(16,17)14-8-5-13-15-18-8/h3-5,14H,2H2,1H3,(H,11,12). The van der Waals surface area contributed by atoms with Crippen LogP contribution in [0.5, 0.6) is 0 Å². The highest BCUT2D eigenvalue weighted by Crippen LogP contribution is 2.25. The van der Waals surface area contributed by atoms with Gasteiger partial charge >= 0.3 is 0 Å². The van der Waals surface area contributed by atoms with Crippen LogP contribution in [0, 0.1) is 0 Å². The summed E-state index contributed by atoms with van der Waals surface area (Å²) < 4.78 is 31.2. The van der Waals surface area contributed by atoms with E-state index >= 15 is 0 Å². The van der Waals surface area contributed by atoms with Crippen molar-refractivity contribution >= 4 is 48.3 Å². The minimum absolute atomic E-state index is 0.0668. The van der Waals surface area contributed by atoms with Crippen LogP contribution in [0.4, 0.5) is 10.8 Å². The molecule has 0 aromatic carbocycles. The summed E-state index contributed by atoms with van der Waals surface area (Å²) in [5.74, 6) is 0.302. The molecule has 0 aliphatic heterocycles. The molecule has 0 aliphatic rings. The first-order valence-corrected chi connectivity index (χ1v) is 8.27. The molecular formula is C9H10BrN5O2S2. The summed E-state index contributed by atoms with van der Waals surface area (Å²) in [6.45, 7) is 2.43. The second-order valence-electron chi connectivity index (χ2n) is 3.42. The van der Waals surface area contributed by atoms with Gasteiger partial charge in [0.05, 0.1) is 6.20 Å². The number of nitrogens with zero attached hydrogens (tertiary/aromatic N) is 3. The Hall–Kier alpha value is -1.26. The zero-order chi connectivity index (χ0) is 13.9. The molecule has 2 N–H and O–H groups in total. The average molecular weight is 364 g/mol. The Bertz CT molecular complexity index is 659. The summed E-state index contributed by atoms with van der Waals surface area (Å²) >= 11 is 4.18. The fraction of sp³-hybridized carbons (Fsp3) is 0.222. The molecular weight excluding hydrogens is 354 g/mol. The second-order valence-corrected chi connectivity index (χ2v) is 6.77. The van der Waals surface area contributed by atoms with Gasteiger partial charge in [-0.25, -0.2) is 13.4 Å². The molecule has 0 atom stereocenters. The molecule has 0 saturated heterocycles. The van der Waals surface area contributed by atoms with E-state index < -0.39 is 10.0 Å². The predicted octanol–water partition coefficient (Wildman–Crippen LogP) is 1.93. The largest absolute Gasteiger partial charge is 0.369 e. The molecule has 0 amide bonds. The number of rotatable bonds is 5. The van der Waals surface area contributed by atoms with Gasteiger partial charge in [-0.15, -0.1) is 5.10 Å². The smallest absolute Gasteiger partial charge is 0.266 e. The number of halogens is 1. The Morgan fingerprint density at radius 2 is 2.21 bits per heavy atom. The van der Waals surface area contributed by atoms with Crippen molar-refractivity contribution in [2.45, 2.75) is 11.8 Å². The monoisotopic (exact) mass is 363 g/mol. The summed E-state index contributed by atoms with van der Waals surface area (Å²) in [7, 11) is -3.73. The van der Waals surface area contributed by atoms with E-state index in [0.29, 0.717) is 21.8 Å². The van der Waals surface area contributed by atoms with E-state index in [1.54, 1.807) is 0 Å². The molecule has 2 aromatic heterocycles. The molecule has 19 heavy (non-hydrogen) atoms. The van der Waals surface area contributed by atoms with Crippen LogP contribution < -0.4 is 10.0 Å². The Morgan fingerprint density at radius 1 is 1.42 bits per heavy atom. The summed E-state index contributed by atoms with van der Waals surface area (Å²) in [5, 5.41) is 6.84. The van der Waals surface area contributed by atoms with Crippen LogP contribution in [-0.2, 0) is 10.0 Å². The SMILES string of the molecule is CCNc1ncc(Br)cc1S(=O)(=O)Nc1cnns1. The average Bonchev–Trinajstić information content (AvgIpc) is 2.83. The summed E-state index contributed by atoms with van der Waals surface area (Å²) in [4.78, 5) is 4.13. The zero-order valence-corrected chi connectivity index (χ0v) is 13.0. The number of sulfonamides is 1. The fourth-order valence-electron chi connectivity index (χ4n) is 1.33. The van der Waals surface area contributed by atoms with E-state index in [2.05, 4.69) is 40.5 Å². The van der Waals surface area contributed by atoms with Crippen molar-refractivity contribution in [1.82, 2.24) is 14.6 Å². The summed E-state index contributed by atoms with van der Waals surface area (Å²) in [6, 6.07) is 1.49. The maximum absolute atomic E-state index is 12.3. The molecule has 0 saturated carbocycles. The van der Waals surface area contributed by atoms with Gasteiger partial charge in [-0.05, 0) is 28.9 Å². The van der Waals surface area contributed by atoms with Crippen molar-refractivity contribution in [2.75, 3.05) is 16.6 Å². The highest BCUT2D eigenvalue weighted by Gasteiger charge is 2.21. The third-order valence-corrected chi connectivity index (χ3v) is 4.57. The molecule has 10 heteroatoms. The normalized spacial score (nSPS) is 11.3. The quantitative estimate of drug-likeness (QED) is 0.842. The van der Waals surface area contributed by atoms with E-state index in [9.17, 15) is 8.42 Å². The van der Waals surface area contributed by atoms with Crippen molar-refractivity contribution in [1.29, 1.82) is 0 Å². The number of nitrogens with one attached hydrogen (secondary N) is 2. The third-order valence-electron chi connectivity index (χ3n) is 2.05. The van der Waals surface area contributed by atoms with E-state index in [1.807, 2.05) is 6.92 Å². The first kappa shape index (κ1) is 14.2. The predicted molar refractivity (Wildman–Crippen MR) is 76.8 cm³/mol. The van der Waals surface area contributed by atoms with Gasteiger partial charge in [0.25, 0.3) is 10.0 Å². The Morgan fingerprint density at radius 3 is 2.84 bits per heavy atom. The maximum Gasteiger partial charge on any atom is 0.266 e. The van der Waals surface area contributed by atoms with Gasteiger partial charge in [-0.2, -0.15) is 0 Å². The van der Waals surface area contributed by atoms with Crippen LogP contribution in [0.1, 0.15) is 6.92 Å². The number of anilines is 2. The lowest BCUT2D eigenvalue weighted by molar-refractivity contribution is 0.601. The Balaban J connectivity index is 2.41. The molecule has 0 unspecified atom stereocenters. The van der Waals surface area contributed by atoms with E-state index in [4.69, 9.17) is 0 Å². The highest BCUT2D eigenvalue weighted by molar-refractivity contribution is 9.10. The van der Waals surface area contributed by atoms with Crippen molar-refractivity contribution in [3.63, 3.8) is 0 Å². The summed E-state index contributed by atoms with van der Waals surface area (Å²) in [6.07, 6.45) is 2.88. The number of pyridine rings is 1. The first-order chi connectivity index (χ1) is 9.03.